The van der Waals surface area contributed by atoms with Crippen molar-refractivity contribution in [1.82, 2.24) is 20.5 Å². The molecule has 0 radical (unpaired) electrons. The number of aromatic nitrogens is 3. The Balaban J connectivity index is 1.27. The molecule has 0 bridgehead atoms. The fourth-order valence-corrected chi connectivity index (χ4v) is 4.16. The number of piperidine rings is 1. The first kappa shape index (κ1) is 20.3. The van der Waals surface area contributed by atoms with Crippen LogP contribution in [0.25, 0.3) is 0 Å². The molecule has 3 heterocycles. The van der Waals surface area contributed by atoms with Gasteiger partial charge in [-0.05, 0) is 55.3 Å². The van der Waals surface area contributed by atoms with Crippen molar-refractivity contribution >= 4 is 23.5 Å². The number of anilines is 1. The summed E-state index contributed by atoms with van der Waals surface area (Å²) >= 11 is 1.37. The normalized spacial score (nSPS) is 14.5. The third-order valence-electron chi connectivity index (χ3n) is 5.00. The fourth-order valence-electron chi connectivity index (χ4n) is 3.38. The Bertz CT molecular complexity index is 978. The fraction of sp³-hybridized carbons (Fsp3) is 0.273. The number of rotatable bonds is 6. The Morgan fingerprint density at radius 2 is 1.97 bits per heavy atom. The van der Waals surface area contributed by atoms with Gasteiger partial charge < -0.3 is 10.2 Å². The Hall–Kier alpha value is -3.00. The first-order chi connectivity index (χ1) is 14.7. The number of hydrogen-bond donors (Lipinski definition) is 1. The van der Waals surface area contributed by atoms with Gasteiger partial charge in [-0.1, -0.05) is 23.9 Å². The van der Waals surface area contributed by atoms with Gasteiger partial charge in [-0.2, -0.15) is 0 Å². The molecule has 0 spiro atoms. The number of hydrogen-bond acceptors (Lipinski definition) is 6. The standard InChI is InChI=1S/C22H22FN5OS/c23-17-4-3-6-19(14-17)30-21-8-7-20(26-27-21)28-12-9-16(10-13-28)22(29)25-15-18-5-1-2-11-24-18/h1-8,11,14,16H,9-10,12-13,15H2,(H,25,29). The van der Waals surface area contributed by atoms with E-state index in [0.717, 1.165) is 42.3 Å². The number of amides is 1. The van der Waals surface area contributed by atoms with Crippen molar-refractivity contribution in [2.24, 2.45) is 5.92 Å². The van der Waals surface area contributed by atoms with Crippen LogP contribution in [0.1, 0.15) is 18.5 Å². The zero-order valence-corrected chi connectivity index (χ0v) is 17.2. The van der Waals surface area contributed by atoms with Crippen molar-refractivity contribution < 1.29 is 9.18 Å². The minimum Gasteiger partial charge on any atom is -0.355 e. The van der Waals surface area contributed by atoms with E-state index in [4.69, 9.17) is 0 Å². The van der Waals surface area contributed by atoms with Gasteiger partial charge in [-0.3, -0.25) is 9.78 Å². The summed E-state index contributed by atoms with van der Waals surface area (Å²) in [5.74, 6) is 0.608. The highest BCUT2D eigenvalue weighted by molar-refractivity contribution is 7.99. The van der Waals surface area contributed by atoms with E-state index in [0.29, 0.717) is 11.6 Å². The molecule has 1 N–H and O–H groups in total. The van der Waals surface area contributed by atoms with Gasteiger partial charge >= 0.3 is 0 Å². The zero-order valence-electron chi connectivity index (χ0n) is 16.4. The molecule has 0 unspecified atom stereocenters. The van der Waals surface area contributed by atoms with E-state index in [9.17, 15) is 9.18 Å². The van der Waals surface area contributed by atoms with Gasteiger partial charge in [0.15, 0.2) is 5.82 Å². The Kier molecular flexibility index (Phi) is 6.53. The average Bonchev–Trinajstić information content (AvgIpc) is 2.79. The molecule has 0 saturated carbocycles. The van der Waals surface area contributed by atoms with E-state index in [2.05, 4.69) is 25.4 Å². The highest BCUT2D eigenvalue weighted by atomic mass is 32.2. The van der Waals surface area contributed by atoms with Crippen molar-refractivity contribution in [1.29, 1.82) is 0 Å². The van der Waals surface area contributed by atoms with Gasteiger partial charge in [0, 0.05) is 30.1 Å². The Morgan fingerprint density at radius 1 is 1.10 bits per heavy atom. The van der Waals surface area contributed by atoms with Gasteiger partial charge in [0.2, 0.25) is 5.91 Å². The second-order valence-electron chi connectivity index (χ2n) is 7.09. The quantitative estimate of drug-likeness (QED) is 0.652. The molecule has 8 heteroatoms. The van der Waals surface area contributed by atoms with Crippen LogP contribution in [-0.4, -0.2) is 34.2 Å². The van der Waals surface area contributed by atoms with Crippen LogP contribution in [0.3, 0.4) is 0 Å². The Morgan fingerprint density at radius 3 is 2.67 bits per heavy atom. The first-order valence-corrected chi connectivity index (χ1v) is 10.7. The van der Waals surface area contributed by atoms with Crippen molar-refractivity contribution in [3.05, 3.63) is 72.3 Å². The largest absolute Gasteiger partial charge is 0.355 e. The van der Waals surface area contributed by atoms with Crippen LogP contribution in [0.2, 0.25) is 0 Å². The predicted molar refractivity (Wildman–Crippen MR) is 114 cm³/mol. The van der Waals surface area contributed by atoms with E-state index < -0.39 is 0 Å². The number of carbonyl (C=O) groups excluding carboxylic acids is 1. The van der Waals surface area contributed by atoms with E-state index in [1.165, 1.54) is 23.9 Å². The van der Waals surface area contributed by atoms with Crippen molar-refractivity contribution in [3.8, 4) is 0 Å². The molecular formula is C22H22FN5OS. The summed E-state index contributed by atoms with van der Waals surface area (Å²) in [5, 5.41) is 12.3. The molecule has 154 valence electrons. The number of nitrogens with zero attached hydrogens (tertiary/aromatic N) is 4. The van der Waals surface area contributed by atoms with E-state index in [-0.39, 0.29) is 17.6 Å². The third-order valence-corrected chi connectivity index (χ3v) is 5.92. The SMILES string of the molecule is O=C(NCc1ccccn1)C1CCN(c2ccc(Sc3cccc(F)c3)nn2)CC1. The predicted octanol–water partition coefficient (Wildman–Crippen LogP) is 3.69. The lowest BCUT2D eigenvalue weighted by molar-refractivity contribution is -0.125. The molecule has 3 aromatic rings. The van der Waals surface area contributed by atoms with Crippen LogP contribution in [-0.2, 0) is 11.3 Å². The molecule has 6 nitrogen and oxygen atoms in total. The van der Waals surface area contributed by atoms with Gasteiger partial charge in [0.25, 0.3) is 0 Å². The molecular weight excluding hydrogens is 401 g/mol. The minimum absolute atomic E-state index is 0.000673. The Labute approximate surface area is 178 Å². The van der Waals surface area contributed by atoms with Crippen molar-refractivity contribution in [2.45, 2.75) is 29.3 Å². The van der Waals surface area contributed by atoms with E-state index in [1.807, 2.05) is 36.4 Å². The maximum Gasteiger partial charge on any atom is 0.223 e. The van der Waals surface area contributed by atoms with Gasteiger partial charge in [-0.25, -0.2) is 4.39 Å². The number of nitrogens with one attached hydrogen (secondary N) is 1. The van der Waals surface area contributed by atoms with Crippen LogP contribution in [0, 0.1) is 11.7 Å². The molecule has 1 aliphatic heterocycles. The molecule has 1 aliphatic rings. The van der Waals surface area contributed by atoms with Gasteiger partial charge in [0.1, 0.15) is 10.8 Å². The highest BCUT2D eigenvalue weighted by Gasteiger charge is 2.25. The van der Waals surface area contributed by atoms with Crippen molar-refractivity contribution in [3.63, 3.8) is 0 Å². The summed E-state index contributed by atoms with van der Waals surface area (Å²) in [6, 6.07) is 15.9. The minimum atomic E-state index is -0.267. The summed E-state index contributed by atoms with van der Waals surface area (Å²) in [6.45, 7) is 1.97. The molecule has 30 heavy (non-hydrogen) atoms. The average molecular weight is 424 g/mol. The number of pyridine rings is 1. The lowest BCUT2D eigenvalue weighted by atomic mass is 9.96. The second kappa shape index (κ2) is 9.67. The third kappa shape index (κ3) is 5.33. The summed E-state index contributed by atoms with van der Waals surface area (Å²) in [6.07, 6.45) is 3.27. The maximum absolute atomic E-state index is 13.3. The van der Waals surface area contributed by atoms with Gasteiger partial charge in [-0.15, -0.1) is 10.2 Å². The lowest BCUT2D eigenvalue weighted by Crippen LogP contribution is -2.40. The van der Waals surface area contributed by atoms with E-state index in [1.54, 1.807) is 12.3 Å². The molecule has 1 aromatic carbocycles. The lowest BCUT2D eigenvalue weighted by Gasteiger charge is -2.31. The summed E-state index contributed by atoms with van der Waals surface area (Å²) in [5.41, 5.74) is 0.856. The molecule has 1 fully saturated rings. The summed E-state index contributed by atoms with van der Waals surface area (Å²) < 4.78 is 13.3. The van der Waals surface area contributed by atoms with Gasteiger partial charge in [0.05, 0.1) is 12.2 Å². The topological polar surface area (TPSA) is 71.0 Å². The van der Waals surface area contributed by atoms with Crippen LogP contribution >= 0.6 is 11.8 Å². The molecule has 1 amide bonds. The summed E-state index contributed by atoms with van der Waals surface area (Å²) in [7, 11) is 0. The second-order valence-corrected chi connectivity index (χ2v) is 8.18. The number of carbonyl (C=O) groups is 1. The number of halogens is 1. The van der Waals surface area contributed by atoms with Crippen LogP contribution in [0.15, 0.2) is 70.7 Å². The molecule has 0 atom stereocenters. The van der Waals surface area contributed by atoms with Crippen molar-refractivity contribution in [2.75, 3.05) is 18.0 Å². The van der Waals surface area contributed by atoms with Crippen LogP contribution in [0.5, 0.6) is 0 Å². The van der Waals surface area contributed by atoms with Crippen LogP contribution < -0.4 is 10.2 Å². The monoisotopic (exact) mass is 423 g/mol. The molecule has 4 rings (SSSR count). The van der Waals surface area contributed by atoms with Crippen LogP contribution in [0.4, 0.5) is 10.2 Å². The maximum atomic E-state index is 13.3. The zero-order chi connectivity index (χ0) is 20.8. The molecule has 2 aromatic heterocycles. The highest BCUT2D eigenvalue weighted by Crippen LogP contribution is 2.27. The first-order valence-electron chi connectivity index (χ1n) is 9.87. The molecule has 0 aliphatic carbocycles. The summed E-state index contributed by atoms with van der Waals surface area (Å²) in [4.78, 5) is 19.6. The van der Waals surface area contributed by atoms with E-state index >= 15 is 0 Å². The smallest absolute Gasteiger partial charge is 0.223 e. The molecule has 1 saturated heterocycles. The number of benzene rings is 1.